The van der Waals surface area contributed by atoms with Gasteiger partial charge in [-0.15, -0.1) is 0 Å². The van der Waals surface area contributed by atoms with Crippen molar-refractivity contribution in [2.45, 2.75) is 63.8 Å². The van der Waals surface area contributed by atoms with Crippen LogP contribution in [0, 0.1) is 46.3 Å². The molecule has 5 fully saturated rings. The van der Waals surface area contributed by atoms with Gasteiger partial charge < -0.3 is 10.6 Å². The van der Waals surface area contributed by atoms with E-state index in [0.29, 0.717) is 12.5 Å². The van der Waals surface area contributed by atoms with Crippen LogP contribution in [0.25, 0.3) is 0 Å². The molecule has 0 aromatic carbocycles. The zero-order valence-corrected chi connectivity index (χ0v) is 17.2. The monoisotopic (exact) mass is 400 g/mol. The molecule has 7 heteroatoms. The van der Waals surface area contributed by atoms with Crippen LogP contribution < -0.4 is 16.0 Å². The molecule has 1 aliphatic heterocycles. The Morgan fingerprint density at radius 2 is 1.97 bits per heavy atom. The van der Waals surface area contributed by atoms with Gasteiger partial charge >= 0.3 is 0 Å². The van der Waals surface area contributed by atoms with Gasteiger partial charge in [0.05, 0.1) is 29.4 Å². The molecule has 29 heavy (non-hydrogen) atoms. The van der Waals surface area contributed by atoms with Gasteiger partial charge in [0.1, 0.15) is 0 Å². The standard InChI is InChI=1S/C22H32N4O3/c1-24-16(10-13-4-5-13)19(27)25-9-3-2-8-22(12-23)11-14-6-7-15(22)18-17(14)20(28)26-21(18)29/h13-18,24H,2-11H2,1H3,(H,25,27)(H,26,28,29)/t14-,15-,16+,17+,18-,22?/m1/s1. The molecule has 0 aromatic rings. The van der Waals surface area contributed by atoms with Crippen molar-refractivity contribution in [3.63, 3.8) is 0 Å². The van der Waals surface area contributed by atoms with Crippen LogP contribution in [0.15, 0.2) is 0 Å². The number of nitriles is 1. The zero-order valence-electron chi connectivity index (χ0n) is 17.2. The lowest BCUT2D eigenvalue weighted by atomic mass is 9.48. The van der Waals surface area contributed by atoms with Crippen LogP contribution in [0.2, 0.25) is 0 Å². The molecule has 0 spiro atoms. The minimum atomic E-state index is -0.504. The fraction of sp³-hybridized carbons (Fsp3) is 0.818. The average molecular weight is 401 g/mol. The van der Waals surface area contributed by atoms with Gasteiger partial charge in [-0.25, -0.2) is 0 Å². The number of hydrogen-bond acceptors (Lipinski definition) is 5. The number of imide groups is 1. The van der Waals surface area contributed by atoms with Gasteiger partial charge in [0, 0.05) is 6.54 Å². The minimum Gasteiger partial charge on any atom is -0.355 e. The summed E-state index contributed by atoms with van der Waals surface area (Å²) in [7, 11) is 1.83. The lowest BCUT2D eigenvalue weighted by Crippen LogP contribution is -2.52. The second-order valence-electron chi connectivity index (χ2n) is 9.59. The summed E-state index contributed by atoms with van der Waals surface area (Å²) in [5.41, 5.74) is -0.504. The molecule has 4 saturated carbocycles. The summed E-state index contributed by atoms with van der Waals surface area (Å²) < 4.78 is 0. The van der Waals surface area contributed by atoms with E-state index in [-0.39, 0.29) is 47.4 Å². The van der Waals surface area contributed by atoms with Gasteiger partial charge in [0.15, 0.2) is 0 Å². The van der Waals surface area contributed by atoms with Crippen molar-refractivity contribution < 1.29 is 14.4 Å². The lowest BCUT2D eigenvalue weighted by Gasteiger charge is -2.52. The summed E-state index contributed by atoms with van der Waals surface area (Å²) in [6.07, 6.45) is 8.31. The maximum atomic E-state index is 12.3. The maximum Gasteiger partial charge on any atom is 0.237 e. The molecule has 1 heterocycles. The Morgan fingerprint density at radius 1 is 1.21 bits per heavy atom. The molecule has 3 N–H and O–H groups in total. The Balaban J connectivity index is 1.28. The molecule has 2 bridgehead atoms. The number of nitrogens with one attached hydrogen (secondary N) is 3. The number of likely N-dealkylation sites (N-methyl/N-ethyl adjacent to an activating group) is 1. The molecule has 3 amide bonds. The van der Waals surface area contributed by atoms with E-state index < -0.39 is 5.41 Å². The largest absolute Gasteiger partial charge is 0.355 e. The van der Waals surface area contributed by atoms with Crippen LogP contribution in [-0.4, -0.2) is 37.4 Å². The first-order valence-corrected chi connectivity index (χ1v) is 11.2. The summed E-state index contributed by atoms with van der Waals surface area (Å²) in [5, 5.41) is 18.7. The number of amides is 3. The van der Waals surface area contributed by atoms with Crippen LogP contribution in [0.3, 0.4) is 0 Å². The minimum absolute atomic E-state index is 0.0178. The van der Waals surface area contributed by atoms with Crippen LogP contribution in [0.4, 0.5) is 0 Å². The van der Waals surface area contributed by atoms with Crippen LogP contribution in [0.1, 0.15) is 57.8 Å². The van der Waals surface area contributed by atoms with E-state index in [1.165, 1.54) is 12.8 Å². The molecule has 1 unspecified atom stereocenters. The van der Waals surface area contributed by atoms with Crippen LogP contribution in [0.5, 0.6) is 0 Å². The van der Waals surface area contributed by atoms with Gasteiger partial charge in [-0.05, 0) is 63.3 Å². The van der Waals surface area contributed by atoms with Gasteiger partial charge in [-0.1, -0.05) is 19.3 Å². The number of rotatable bonds is 9. The van der Waals surface area contributed by atoms with E-state index in [0.717, 1.165) is 44.9 Å². The highest BCUT2D eigenvalue weighted by atomic mass is 16.2. The SMILES string of the molecule is CN[C@@H](CC1CC1)C(=O)NCCCCC1(C#N)C[C@H]2CC[C@@H]1[C@H]1C(=O)NC(=O)[C@@H]21. The second kappa shape index (κ2) is 8.06. The number of nitrogens with zero attached hydrogens (tertiary/aromatic N) is 1. The first kappa shape index (κ1) is 20.3. The number of unbranched alkanes of at least 4 members (excludes halogenated alkanes) is 1. The molecule has 6 atom stereocenters. The molecule has 4 aliphatic carbocycles. The van der Waals surface area contributed by atoms with Gasteiger partial charge in [-0.2, -0.15) is 5.26 Å². The third-order valence-electron chi connectivity index (χ3n) is 7.87. The maximum absolute atomic E-state index is 12.3. The number of carbonyl (C=O) groups excluding carboxylic acids is 3. The number of hydrogen-bond donors (Lipinski definition) is 3. The first-order chi connectivity index (χ1) is 14.0. The zero-order chi connectivity index (χ0) is 20.6. The fourth-order valence-electron chi connectivity index (χ4n) is 6.19. The summed E-state index contributed by atoms with van der Waals surface area (Å²) in [5.74, 6) is 0.0591. The predicted molar refractivity (Wildman–Crippen MR) is 106 cm³/mol. The molecule has 7 nitrogen and oxygen atoms in total. The molecular formula is C22H32N4O3. The lowest BCUT2D eigenvalue weighted by molar-refractivity contribution is -0.137. The van der Waals surface area contributed by atoms with Gasteiger partial charge in [0.2, 0.25) is 17.7 Å². The molecule has 1 saturated heterocycles. The molecule has 5 aliphatic rings. The van der Waals surface area contributed by atoms with Crippen LogP contribution in [-0.2, 0) is 14.4 Å². The first-order valence-electron chi connectivity index (χ1n) is 11.2. The fourth-order valence-corrected chi connectivity index (χ4v) is 6.19. The van der Waals surface area contributed by atoms with Crippen molar-refractivity contribution >= 4 is 17.7 Å². The van der Waals surface area contributed by atoms with E-state index in [2.05, 4.69) is 22.0 Å². The molecule has 0 radical (unpaired) electrons. The number of carbonyl (C=O) groups is 3. The van der Waals surface area contributed by atoms with Crippen molar-refractivity contribution in [2.75, 3.05) is 13.6 Å². The summed E-state index contributed by atoms with van der Waals surface area (Å²) >= 11 is 0. The number of fused-ring (bicyclic) bond motifs is 2. The van der Waals surface area contributed by atoms with E-state index in [9.17, 15) is 19.6 Å². The third kappa shape index (κ3) is 3.79. The Morgan fingerprint density at radius 3 is 2.66 bits per heavy atom. The second-order valence-corrected chi connectivity index (χ2v) is 9.59. The quantitative estimate of drug-likeness (QED) is 0.401. The highest BCUT2D eigenvalue weighted by molar-refractivity contribution is 6.05. The molecule has 158 valence electrons. The molecular weight excluding hydrogens is 368 g/mol. The van der Waals surface area contributed by atoms with Gasteiger partial charge in [-0.3, -0.25) is 19.7 Å². The summed E-state index contributed by atoms with van der Waals surface area (Å²) in [6, 6.07) is 2.45. The normalized spacial score (nSPS) is 36.3. The van der Waals surface area contributed by atoms with Gasteiger partial charge in [0.25, 0.3) is 0 Å². The van der Waals surface area contributed by atoms with E-state index in [1.54, 1.807) is 0 Å². The smallest absolute Gasteiger partial charge is 0.237 e. The van der Waals surface area contributed by atoms with E-state index in [1.807, 2.05) is 7.05 Å². The van der Waals surface area contributed by atoms with Crippen molar-refractivity contribution in [2.24, 2.45) is 35.0 Å². The Hall–Kier alpha value is -1.94. The highest BCUT2D eigenvalue weighted by Gasteiger charge is 2.63. The molecule has 0 aromatic heterocycles. The van der Waals surface area contributed by atoms with Crippen molar-refractivity contribution in [1.82, 2.24) is 16.0 Å². The Bertz CT molecular complexity index is 728. The molecule has 5 rings (SSSR count). The third-order valence-corrected chi connectivity index (χ3v) is 7.87. The van der Waals surface area contributed by atoms with E-state index >= 15 is 0 Å². The predicted octanol–water partition coefficient (Wildman–Crippen LogP) is 1.49. The average Bonchev–Trinajstić information content (AvgIpc) is 3.49. The highest BCUT2D eigenvalue weighted by Crippen LogP contribution is 2.60. The van der Waals surface area contributed by atoms with Crippen LogP contribution >= 0.6 is 0 Å². The summed E-state index contributed by atoms with van der Waals surface area (Å²) in [4.78, 5) is 36.8. The summed E-state index contributed by atoms with van der Waals surface area (Å²) in [6.45, 7) is 0.613. The Kier molecular flexibility index (Phi) is 5.65. The van der Waals surface area contributed by atoms with Crippen molar-refractivity contribution in [3.05, 3.63) is 0 Å². The van der Waals surface area contributed by atoms with Crippen molar-refractivity contribution in [1.29, 1.82) is 5.26 Å². The van der Waals surface area contributed by atoms with E-state index in [4.69, 9.17) is 0 Å². The Labute approximate surface area is 172 Å². The topological polar surface area (TPSA) is 111 Å². The van der Waals surface area contributed by atoms with Crippen molar-refractivity contribution in [3.8, 4) is 6.07 Å².